The number of halogens is 2. The van der Waals surface area contributed by atoms with Crippen molar-refractivity contribution in [1.82, 2.24) is 0 Å². The lowest BCUT2D eigenvalue weighted by Gasteiger charge is -2.16. The van der Waals surface area contributed by atoms with Gasteiger partial charge in [0.25, 0.3) is 0 Å². The normalized spacial score (nSPS) is 12.5. The molecule has 0 spiro atoms. The number of nitrogens with two attached hydrogens (primary N) is 1. The maximum absolute atomic E-state index is 6.30. The lowest BCUT2D eigenvalue weighted by molar-refractivity contribution is 0.721. The van der Waals surface area contributed by atoms with Crippen molar-refractivity contribution in [1.29, 1.82) is 0 Å². The summed E-state index contributed by atoms with van der Waals surface area (Å²) in [6, 6.07) is 12.2. The van der Waals surface area contributed by atoms with Gasteiger partial charge in [0.05, 0.1) is 0 Å². The molecule has 0 aliphatic heterocycles. The molecule has 0 aliphatic carbocycles. The summed E-state index contributed by atoms with van der Waals surface area (Å²) in [6.07, 6.45) is 0.787. The van der Waals surface area contributed by atoms with Gasteiger partial charge < -0.3 is 5.73 Å². The quantitative estimate of drug-likeness (QED) is 0.841. The van der Waals surface area contributed by atoms with E-state index in [0.717, 1.165) is 21.5 Å². The summed E-state index contributed by atoms with van der Waals surface area (Å²) in [7, 11) is 0. The van der Waals surface area contributed by atoms with Crippen LogP contribution in [0.1, 0.15) is 28.3 Å². The minimum Gasteiger partial charge on any atom is -0.324 e. The molecule has 0 aromatic heterocycles. The second-order valence-electron chi connectivity index (χ2n) is 4.90. The first-order valence-corrected chi connectivity index (χ1v) is 7.41. The van der Waals surface area contributed by atoms with Gasteiger partial charge in [0, 0.05) is 15.5 Å². The first-order chi connectivity index (χ1) is 8.97. The lowest BCUT2D eigenvalue weighted by atomic mass is 9.96. The summed E-state index contributed by atoms with van der Waals surface area (Å²) in [5, 5.41) is 0.757. The van der Waals surface area contributed by atoms with Crippen LogP contribution >= 0.6 is 27.5 Å². The molecule has 0 fully saturated rings. The first kappa shape index (κ1) is 14.6. The molecular formula is C16H17BrClN. The maximum Gasteiger partial charge on any atom is 0.0456 e. The standard InChI is InChI=1S/C16H17BrClN/c1-10-7-14(15(18)8-11(10)2)16(19)9-12-3-5-13(17)6-4-12/h3-8,16H,9,19H2,1-2H3. The largest absolute Gasteiger partial charge is 0.324 e. The summed E-state index contributed by atoms with van der Waals surface area (Å²) >= 11 is 9.73. The second-order valence-corrected chi connectivity index (χ2v) is 6.22. The van der Waals surface area contributed by atoms with Gasteiger partial charge in [0.15, 0.2) is 0 Å². The second kappa shape index (κ2) is 6.08. The SMILES string of the molecule is Cc1cc(Cl)c(C(N)Cc2ccc(Br)cc2)cc1C. The zero-order chi connectivity index (χ0) is 14.0. The van der Waals surface area contributed by atoms with Crippen LogP contribution in [-0.4, -0.2) is 0 Å². The van der Waals surface area contributed by atoms with Crippen molar-refractivity contribution >= 4 is 27.5 Å². The Hall–Kier alpha value is -0.830. The van der Waals surface area contributed by atoms with Gasteiger partial charge in [-0.15, -0.1) is 0 Å². The third-order valence-electron chi connectivity index (χ3n) is 3.38. The van der Waals surface area contributed by atoms with Crippen molar-refractivity contribution in [3.05, 3.63) is 68.1 Å². The van der Waals surface area contributed by atoms with Crippen molar-refractivity contribution in [2.75, 3.05) is 0 Å². The highest BCUT2D eigenvalue weighted by Gasteiger charge is 2.12. The Morgan fingerprint density at radius 1 is 1.11 bits per heavy atom. The zero-order valence-electron chi connectivity index (χ0n) is 11.1. The van der Waals surface area contributed by atoms with Gasteiger partial charge in [-0.1, -0.05) is 45.7 Å². The van der Waals surface area contributed by atoms with Crippen molar-refractivity contribution in [3.8, 4) is 0 Å². The molecule has 2 rings (SSSR count). The van der Waals surface area contributed by atoms with Crippen LogP contribution in [0.3, 0.4) is 0 Å². The van der Waals surface area contributed by atoms with E-state index in [4.69, 9.17) is 17.3 Å². The Labute approximate surface area is 127 Å². The highest BCUT2D eigenvalue weighted by atomic mass is 79.9. The van der Waals surface area contributed by atoms with E-state index in [-0.39, 0.29) is 6.04 Å². The van der Waals surface area contributed by atoms with Gasteiger partial charge in [-0.2, -0.15) is 0 Å². The van der Waals surface area contributed by atoms with Crippen LogP contribution in [0, 0.1) is 13.8 Å². The zero-order valence-corrected chi connectivity index (χ0v) is 13.4. The van der Waals surface area contributed by atoms with Gasteiger partial charge in [0.2, 0.25) is 0 Å². The van der Waals surface area contributed by atoms with E-state index in [9.17, 15) is 0 Å². The van der Waals surface area contributed by atoms with Crippen LogP contribution in [0.15, 0.2) is 40.9 Å². The highest BCUT2D eigenvalue weighted by Crippen LogP contribution is 2.27. The van der Waals surface area contributed by atoms with Crippen LogP contribution in [0.25, 0.3) is 0 Å². The van der Waals surface area contributed by atoms with Crippen LogP contribution in [-0.2, 0) is 6.42 Å². The fourth-order valence-corrected chi connectivity index (χ4v) is 2.69. The summed E-state index contributed by atoms with van der Waals surface area (Å²) in [6.45, 7) is 4.15. The third-order valence-corrected chi connectivity index (χ3v) is 4.24. The third kappa shape index (κ3) is 3.59. The van der Waals surface area contributed by atoms with E-state index < -0.39 is 0 Å². The average molecular weight is 339 g/mol. The Balaban J connectivity index is 2.22. The minimum absolute atomic E-state index is 0.0759. The summed E-state index contributed by atoms with van der Waals surface area (Å²) in [5.74, 6) is 0. The Bertz CT molecular complexity index is 578. The Morgan fingerprint density at radius 2 is 1.68 bits per heavy atom. The monoisotopic (exact) mass is 337 g/mol. The predicted octanol–water partition coefficient (Wildman–Crippen LogP) is 4.96. The first-order valence-electron chi connectivity index (χ1n) is 6.24. The molecule has 3 heteroatoms. The Kier molecular flexibility index (Phi) is 4.67. The number of benzene rings is 2. The Morgan fingerprint density at radius 3 is 2.32 bits per heavy atom. The molecule has 0 aliphatic rings. The molecule has 0 heterocycles. The van der Waals surface area contributed by atoms with Crippen LogP contribution in [0.4, 0.5) is 0 Å². The van der Waals surface area contributed by atoms with Crippen molar-refractivity contribution in [2.24, 2.45) is 5.73 Å². The number of rotatable bonds is 3. The van der Waals surface area contributed by atoms with E-state index in [0.29, 0.717) is 0 Å². The summed E-state index contributed by atoms with van der Waals surface area (Å²) in [5.41, 5.74) is 10.9. The smallest absolute Gasteiger partial charge is 0.0456 e. The van der Waals surface area contributed by atoms with E-state index in [1.165, 1.54) is 16.7 Å². The molecular weight excluding hydrogens is 322 g/mol. The molecule has 1 unspecified atom stereocenters. The number of hydrogen-bond donors (Lipinski definition) is 1. The van der Waals surface area contributed by atoms with E-state index in [1.807, 2.05) is 18.2 Å². The summed E-state index contributed by atoms with van der Waals surface area (Å²) < 4.78 is 1.08. The molecule has 2 aromatic carbocycles. The lowest BCUT2D eigenvalue weighted by Crippen LogP contribution is -2.14. The summed E-state index contributed by atoms with van der Waals surface area (Å²) in [4.78, 5) is 0. The predicted molar refractivity (Wildman–Crippen MR) is 85.7 cm³/mol. The molecule has 0 bridgehead atoms. The van der Waals surface area contributed by atoms with Crippen molar-refractivity contribution in [3.63, 3.8) is 0 Å². The van der Waals surface area contributed by atoms with Crippen molar-refractivity contribution < 1.29 is 0 Å². The fourth-order valence-electron chi connectivity index (χ4n) is 2.07. The van der Waals surface area contributed by atoms with Gasteiger partial charge in [-0.3, -0.25) is 0 Å². The molecule has 100 valence electrons. The molecule has 19 heavy (non-hydrogen) atoms. The van der Waals surface area contributed by atoms with Gasteiger partial charge >= 0.3 is 0 Å². The highest BCUT2D eigenvalue weighted by molar-refractivity contribution is 9.10. The molecule has 2 N–H and O–H groups in total. The molecule has 1 atom stereocenters. The molecule has 0 amide bonds. The number of hydrogen-bond acceptors (Lipinski definition) is 1. The topological polar surface area (TPSA) is 26.0 Å². The average Bonchev–Trinajstić information content (AvgIpc) is 2.36. The maximum atomic E-state index is 6.30. The van der Waals surface area contributed by atoms with E-state index >= 15 is 0 Å². The molecule has 1 nitrogen and oxygen atoms in total. The van der Waals surface area contributed by atoms with Crippen molar-refractivity contribution in [2.45, 2.75) is 26.3 Å². The molecule has 2 aromatic rings. The van der Waals surface area contributed by atoms with Crippen LogP contribution < -0.4 is 5.73 Å². The van der Waals surface area contributed by atoms with Gasteiger partial charge in [-0.25, -0.2) is 0 Å². The van der Waals surface area contributed by atoms with Crippen LogP contribution in [0.5, 0.6) is 0 Å². The minimum atomic E-state index is -0.0759. The van der Waals surface area contributed by atoms with Crippen LogP contribution in [0.2, 0.25) is 5.02 Å². The molecule has 0 radical (unpaired) electrons. The molecule has 0 saturated carbocycles. The fraction of sp³-hybridized carbons (Fsp3) is 0.250. The van der Waals surface area contributed by atoms with E-state index in [2.05, 4.69) is 48.0 Å². The van der Waals surface area contributed by atoms with Gasteiger partial charge in [-0.05, 0) is 60.7 Å². The van der Waals surface area contributed by atoms with E-state index in [1.54, 1.807) is 0 Å². The number of aryl methyl sites for hydroxylation is 2. The molecule has 0 saturated heterocycles. The van der Waals surface area contributed by atoms with Gasteiger partial charge in [0.1, 0.15) is 0 Å².